The van der Waals surface area contributed by atoms with E-state index in [1.54, 1.807) is 47.5 Å². The van der Waals surface area contributed by atoms with Gasteiger partial charge in [-0.15, -0.1) is 0 Å². The van der Waals surface area contributed by atoms with E-state index in [2.05, 4.69) is 4.98 Å². The Balaban J connectivity index is 2.12. The fraction of sp³-hybridized carbons (Fsp3) is 0.235. The molecule has 3 rings (SSSR count). The molecule has 1 aromatic carbocycles. The SMILES string of the molecule is O=C(O)C1(C(=O)c2cccnc2)CCCN1c1ccccc1Cl. The molecule has 0 spiro atoms. The maximum absolute atomic E-state index is 13.0. The summed E-state index contributed by atoms with van der Waals surface area (Å²) in [5.74, 6) is -1.63. The minimum absolute atomic E-state index is 0.237. The zero-order chi connectivity index (χ0) is 16.4. The van der Waals surface area contributed by atoms with Gasteiger partial charge in [-0.3, -0.25) is 9.78 Å². The van der Waals surface area contributed by atoms with E-state index < -0.39 is 17.3 Å². The van der Waals surface area contributed by atoms with Gasteiger partial charge in [0.05, 0.1) is 10.7 Å². The lowest BCUT2D eigenvalue weighted by Gasteiger charge is -2.35. The van der Waals surface area contributed by atoms with Crippen molar-refractivity contribution in [3.8, 4) is 0 Å². The van der Waals surface area contributed by atoms with Crippen molar-refractivity contribution < 1.29 is 14.7 Å². The van der Waals surface area contributed by atoms with Crippen molar-refractivity contribution in [2.75, 3.05) is 11.4 Å². The van der Waals surface area contributed by atoms with E-state index in [9.17, 15) is 14.7 Å². The summed E-state index contributed by atoms with van der Waals surface area (Å²) in [5, 5.41) is 10.3. The Bertz CT molecular complexity index is 751. The van der Waals surface area contributed by atoms with Crippen molar-refractivity contribution in [2.45, 2.75) is 18.4 Å². The standard InChI is InChI=1S/C17H15ClN2O3/c18-13-6-1-2-7-14(13)20-10-4-8-17(20,16(22)23)15(21)12-5-3-9-19-11-12/h1-3,5-7,9,11H,4,8,10H2,(H,22,23). The largest absolute Gasteiger partial charge is 0.479 e. The highest BCUT2D eigenvalue weighted by Gasteiger charge is 2.54. The van der Waals surface area contributed by atoms with Crippen molar-refractivity contribution in [1.29, 1.82) is 0 Å². The van der Waals surface area contributed by atoms with Crippen molar-refractivity contribution in [3.05, 3.63) is 59.4 Å². The normalized spacial score (nSPS) is 20.5. The minimum atomic E-state index is -1.64. The number of ketones is 1. The molecule has 1 atom stereocenters. The van der Waals surface area contributed by atoms with Gasteiger partial charge in [0.25, 0.3) is 0 Å². The van der Waals surface area contributed by atoms with E-state index in [0.29, 0.717) is 23.7 Å². The van der Waals surface area contributed by atoms with E-state index in [1.165, 1.54) is 6.20 Å². The average molecular weight is 331 g/mol. The molecule has 5 nitrogen and oxygen atoms in total. The number of carboxylic acids is 1. The van der Waals surface area contributed by atoms with E-state index in [1.807, 2.05) is 0 Å². The predicted octanol–water partition coefficient (Wildman–Crippen LogP) is 3.04. The summed E-state index contributed by atoms with van der Waals surface area (Å²) >= 11 is 6.23. The molecule has 0 aliphatic carbocycles. The number of hydrogen-bond acceptors (Lipinski definition) is 4. The lowest BCUT2D eigenvalue weighted by molar-refractivity contribution is -0.141. The second-order valence-electron chi connectivity index (χ2n) is 5.44. The molecule has 1 N–H and O–H groups in total. The quantitative estimate of drug-likeness (QED) is 0.689. The van der Waals surface area contributed by atoms with E-state index in [-0.39, 0.29) is 12.0 Å². The Kier molecular flexibility index (Phi) is 4.05. The van der Waals surface area contributed by atoms with Gasteiger partial charge in [0, 0.05) is 24.5 Å². The number of Topliss-reactive ketones (excluding diaryl/α,β-unsaturated/α-hetero) is 1. The number of aliphatic carboxylic acids is 1. The predicted molar refractivity (Wildman–Crippen MR) is 87.0 cm³/mol. The van der Waals surface area contributed by atoms with E-state index in [4.69, 9.17) is 11.6 Å². The number of pyridine rings is 1. The zero-order valence-electron chi connectivity index (χ0n) is 12.3. The second kappa shape index (κ2) is 6.01. The highest BCUT2D eigenvalue weighted by molar-refractivity contribution is 6.33. The molecule has 1 unspecified atom stereocenters. The third kappa shape index (κ3) is 2.47. The Morgan fingerprint density at radius 2 is 2.00 bits per heavy atom. The molecule has 2 aromatic rings. The first-order valence-electron chi connectivity index (χ1n) is 7.28. The van der Waals surface area contributed by atoms with Crippen molar-refractivity contribution in [2.24, 2.45) is 0 Å². The third-order valence-electron chi connectivity index (χ3n) is 4.18. The Labute approximate surface area is 138 Å². The van der Waals surface area contributed by atoms with Crippen LogP contribution in [0.25, 0.3) is 0 Å². The van der Waals surface area contributed by atoms with Crippen LogP contribution in [0.15, 0.2) is 48.8 Å². The van der Waals surface area contributed by atoms with Crippen molar-refractivity contribution in [3.63, 3.8) is 0 Å². The van der Waals surface area contributed by atoms with E-state index >= 15 is 0 Å². The van der Waals surface area contributed by atoms with Crippen LogP contribution in [0.5, 0.6) is 0 Å². The molecule has 1 fully saturated rings. The molecule has 6 heteroatoms. The van der Waals surface area contributed by atoms with Gasteiger partial charge in [0.2, 0.25) is 11.3 Å². The highest BCUT2D eigenvalue weighted by atomic mass is 35.5. The summed E-state index contributed by atoms with van der Waals surface area (Å²) in [7, 11) is 0. The molecule has 0 amide bonds. The van der Waals surface area contributed by atoms with Crippen LogP contribution in [0, 0.1) is 0 Å². The van der Waals surface area contributed by atoms with Gasteiger partial charge in [-0.05, 0) is 37.1 Å². The lowest BCUT2D eigenvalue weighted by Crippen LogP contribution is -2.57. The number of anilines is 1. The van der Waals surface area contributed by atoms with Crippen molar-refractivity contribution >= 4 is 29.0 Å². The van der Waals surface area contributed by atoms with Crippen LogP contribution in [0.3, 0.4) is 0 Å². The summed E-state index contributed by atoms with van der Waals surface area (Å²) in [6.07, 6.45) is 3.78. The molecule has 0 bridgehead atoms. The molecule has 0 radical (unpaired) electrons. The maximum Gasteiger partial charge on any atom is 0.337 e. The Morgan fingerprint density at radius 1 is 1.22 bits per heavy atom. The number of benzene rings is 1. The second-order valence-corrected chi connectivity index (χ2v) is 5.85. The molecular formula is C17H15ClN2O3. The van der Waals surface area contributed by atoms with Gasteiger partial charge < -0.3 is 10.0 Å². The first-order chi connectivity index (χ1) is 11.1. The zero-order valence-corrected chi connectivity index (χ0v) is 13.0. The first kappa shape index (κ1) is 15.5. The third-order valence-corrected chi connectivity index (χ3v) is 4.50. The topological polar surface area (TPSA) is 70.5 Å². The van der Waals surface area contributed by atoms with Gasteiger partial charge >= 0.3 is 5.97 Å². The maximum atomic E-state index is 13.0. The minimum Gasteiger partial charge on any atom is -0.479 e. The summed E-state index contributed by atoms with van der Waals surface area (Å²) in [6.45, 7) is 0.460. The number of nitrogens with zero attached hydrogens (tertiary/aromatic N) is 2. The summed E-state index contributed by atoms with van der Waals surface area (Å²) in [5.41, 5.74) is -0.797. The van der Waals surface area contributed by atoms with Crippen LogP contribution in [0.4, 0.5) is 5.69 Å². The molecule has 1 saturated heterocycles. The lowest BCUT2D eigenvalue weighted by atomic mass is 9.86. The number of halogens is 1. The molecule has 1 aromatic heterocycles. The number of hydrogen-bond donors (Lipinski definition) is 1. The molecule has 118 valence electrons. The van der Waals surface area contributed by atoms with Crippen molar-refractivity contribution in [1.82, 2.24) is 4.98 Å². The van der Waals surface area contributed by atoms with E-state index in [0.717, 1.165) is 0 Å². The first-order valence-corrected chi connectivity index (χ1v) is 7.65. The summed E-state index contributed by atoms with van der Waals surface area (Å²) in [4.78, 5) is 30.6. The Hall–Kier alpha value is -2.40. The molecule has 0 saturated carbocycles. The smallest absolute Gasteiger partial charge is 0.337 e. The van der Waals surface area contributed by atoms with Crippen LogP contribution in [-0.2, 0) is 4.79 Å². The van der Waals surface area contributed by atoms with Gasteiger partial charge in [-0.1, -0.05) is 23.7 Å². The van der Waals surface area contributed by atoms with Gasteiger partial charge in [0.15, 0.2) is 0 Å². The van der Waals surface area contributed by atoms with Gasteiger partial charge in [-0.25, -0.2) is 4.79 Å². The molecule has 1 aliphatic heterocycles. The van der Waals surface area contributed by atoms with Gasteiger partial charge in [0.1, 0.15) is 0 Å². The molecule has 2 heterocycles. The number of carboxylic acid groups (broad SMARTS) is 1. The molecule has 23 heavy (non-hydrogen) atoms. The van der Waals surface area contributed by atoms with Crippen LogP contribution in [-0.4, -0.2) is 33.9 Å². The average Bonchev–Trinajstić information content (AvgIpc) is 3.01. The fourth-order valence-electron chi connectivity index (χ4n) is 3.11. The number of para-hydroxylation sites is 1. The number of aromatic nitrogens is 1. The molecule has 1 aliphatic rings. The Morgan fingerprint density at radius 3 is 2.65 bits per heavy atom. The summed E-state index contributed by atoms with van der Waals surface area (Å²) in [6, 6.07) is 10.2. The van der Waals surface area contributed by atoms with Gasteiger partial charge in [-0.2, -0.15) is 0 Å². The number of carbonyl (C=O) groups excluding carboxylic acids is 1. The van der Waals surface area contributed by atoms with Crippen LogP contribution in [0.1, 0.15) is 23.2 Å². The molecular weight excluding hydrogens is 316 g/mol. The number of carbonyl (C=O) groups is 2. The monoisotopic (exact) mass is 330 g/mol. The van der Waals surface area contributed by atoms with Crippen LogP contribution >= 0.6 is 11.6 Å². The number of rotatable bonds is 4. The van der Waals surface area contributed by atoms with Crippen LogP contribution in [0.2, 0.25) is 5.02 Å². The fourth-order valence-corrected chi connectivity index (χ4v) is 3.34. The summed E-state index contributed by atoms with van der Waals surface area (Å²) < 4.78 is 0. The van der Waals surface area contributed by atoms with Crippen LogP contribution < -0.4 is 4.90 Å². The highest BCUT2D eigenvalue weighted by Crippen LogP contribution is 2.40.